The molecule has 4 N–H and O–H groups in total. The molecule has 0 aliphatic carbocycles. The lowest BCUT2D eigenvalue weighted by Gasteiger charge is -2.27. The highest BCUT2D eigenvalue weighted by Gasteiger charge is 2.33. The molecule has 0 unspecified atom stereocenters. The monoisotopic (exact) mass is 526 g/mol. The maximum Gasteiger partial charge on any atom is 0.328 e. The summed E-state index contributed by atoms with van der Waals surface area (Å²) in [6.45, 7) is 13.3. The molecule has 1 saturated heterocycles. The summed E-state index contributed by atoms with van der Waals surface area (Å²) in [6, 6.07) is -3.30. The zero-order chi connectivity index (χ0) is 28.3. The minimum absolute atomic E-state index is 0.0506. The van der Waals surface area contributed by atoms with Gasteiger partial charge in [-0.15, -0.1) is 0 Å². The van der Waals surface area contributed by atoms with Crippen molar-refractivity contribution in [3.05, 3.63) is 0 Å². The van der Waals surface area contributed by atoms with E-state index in [9.17, 15) is 24.0 Å². The summed E-state index contributed by atoms with van der Waals surface area (Å²) in [4.78, 5) is 63.7. The first kappa shape index (κ1) is 32.3. The Bertz CT molecular complexity index is 801. The van der Waals surface area contributed by atoms with E-state index in [1.54, 1.807) is 34.6 Å². The molecule has 11 heteroatoms. The number of rotatable bonds is 13. The molecule has 4 atom stereocenters. The molecule has 0 aromatic heterocycles. The Kier molecular flexibility index (Phi) is 13.0. The predicted molar refractivity (Wildman–Crippen MR) is 138 cm³/mol. The van der Waals surface area contributed by atoms with Gasteiger partial charge in [0.2, 0.25) is 17.7 Å². The third kappa shape index (κ3) is 11.9. The Morgan fingerprint density at radius 2 is 1.57 bits per heavy atom. The Labute approximate surface area is 220 Å². The van der Waals surface area contributed by atoms with Gasteiger partial charge < -0.3 is 30.7 Å². The minimum atomic E-state index is -1.14. The second kappa shape index (κ2) is 14.9. The van der Waals surface area contributed by atoms with Crippen molar-refractivity contribution < 1.29 is 33.4 Å². The number of esters is 2. The van der Waals surface area contributed by atoms with E-state index in [1.165, 1.54) is 7.11 Å². The molecule has 1 aliphatic rings. The first-order chi connectivity index (χ1) is 17.1. The molecule has 37 heavy (non-hydrogen) atoms. The highest BCUT2D eigenvalue weighted by Crippen LogP contribution is 2.13. The number of methoxy groups -OCH3 is 1. The summed E-state index contributed by atoms with van der Waals surface area (Å²) in [5.74, 6) is -2.76. The number of nitrogens with one attached hydrogen (secondary N) is 4. The summed E-state index contributed by atoms with van der Waals surface area (Å²) < 4.78 is 10.1. The molecule has 1 aliphatic heterocycles. The van der Waals surface area contributed by atoms with Crippen LogP contribution in [0.1, 0.15) is 80.6 Å². The standard InChI is InChI=1S/C26H46N4O7/c1-15(2)14-19(29-22(32)17-10-9-13-27-17)24(34)28-18(11-12-20(31)37-26(5,6)7)23(33)30-21(16(3)4)25(35)36-8/h15-19,21,27H,9-14H2,1-8H3,(H,28,34)(H,29,32)(H,30,33)/t17-,18-,19-,21-/m0/s1. The summed E-state index contributed by atoms with van der Waals surface area (Å²) in [5.41, 5.74) is -0.702. The van der Waals surface area contributed by atoms with Crippen molar-refractivity contribution in [1.82, 2.24) is 21.3 Å². The highest BCUT2D eigenvalue weighted by atomic mass is 16.6. The van der Waals surface area contributed by atoms with E-state index < -0.39 is 47.5 Å². The molecule has 0 aromatic carbocycles. The molecule has 3 amide bonds. The van der Waals surface area contributed by atoms with Gasteiger partial charge in [0.1, 0.15) is 23.7 Å². The second-order valence-electron chi connectivity index (χ2n) is 11.3. The summed E-state index contributed by atoms with van der Waals surface area (Å²) in [5, 5.41) is 11.2. The number of carbonyl (C=O) groups is 5. The lowest BCUT2D eigenvalue weighted by molar-refractivity contribution is -0.155. The van der Waals surface area contributed by atoms with Crippen molar-refractivity contribution in [3.63, 3.8) is 0 Å². The van der Waals surface area contributed by atoms with E-state index >= 15 is 0 Å². The van der Waals surface area contributed by atoms with E-state index in [4.69, 9.17) is 9.47 Å². The van der Waals surface area contributed by atoms with Gasteiger partial charge in [-0.25, -0.2) is 4.79 Å². The van der Waals surface area contributed by atoms with Crippen LogP contribution in [0.3, 0.4) is 0 Å². The van der Waals surface area contributed by atoms with Crippen LogP contribution in [0.25, 0.3) is 0 Å². The van der Waals surface area contributed by atoms with Crippen LogP contribution in [-0.4, -0.2) is 73.1 Å². The number of carbonyl (C=O) groups excluding carboxylic acids is 5. The lowest BCUT2D eigenvalue weighted by Crippen LogP contribution is -2.58. The molecule has 0 saturated carbocycles. The van der Waals surface area contributed by atoms with Gasteiger partial charge in [-0.3, -0.25) is 19.2 Å². The molecule has 0 bridgehead atoms. The number of hydrogen-bond acceptors (Lipinski definition) is 8. The van der Waals surface area contributed by atoms with Gasteiger partial charge in [-0.1, -0.05) is 27.7 Å². The number of ether oxygens (including phenoxy) is 2. The zero-order valence-corrected chi connectivity index (χ0v) is 23.6. The normalized spacial score (nSPS) is 18.1. The molecule has 0 radical (unpaired) electrons. The SMILES string of the molecule is COC(=O)[C@@H](NC(=O)[C@H](CCC(=O)OC(C)(C)C)NC(=O)[C@H](CC(C)C)NC(=O)[C@@H]1CCCN1)C(C)C. The molecule has 1 heterocycles. The van der Waals surface area contributed by atoms with Crippen LogP contribution in [0.4, 0.5) is 0 Å². The molecule has 1 fully saturated rings. The lowest BCUT2D eigenvalue weighted by atomic mass is 10.0. The molecule has 212 valence electrons. The van der Waals surface area contributed by atoms with Crippen LogP contribution >= 0.6 is 0 Å². The Hall–Kier alpha value is -2.69. The van der Waals surface area contributed by atoms with E-state index in [0.29, 0.717) is 12.8 Å². The fourth-order valence-electron chi connectivity index (χ4n) is 3.96. The Morgan fingerprint density at radius 1 is 0.946 bits per heavy atom. The quantitative estimate of drug-likeness (QED) is 0.261. The van der Waals surface area contributed by atoms with Gasteiger partial charge in [-0.05, 0) is 64.8 Å². The van der Waals surface area contributed by atoms with Crippen LogP contribution in [-0.2, 0) is 33.4 Å². The van der Waals surface area contributed by atoms with Crippen LogP contribution in [0.5, 0.6) is 0 Å². The molecule has 11 nitrogen and oxygen atoms in total. The van der Waals surface area contributed by atoms with E-state index in [2.05, 4.69) is 21.3 Å². The van der Waals surface area contributed by atoms with Crippen molar-refractivity contribution in [1.29, 1.82) is 0 Å². The van der Waals surface area contributed by atoms with Gasteiger partial charge in [-0.2, -0.15) is 0 Å². The molecular weight excluding hydrogens is 480 g/mol. The van der Waals surface area contributed by atoms with Crippen molar-refractivity contribution in [2.45, 2.75) is 110 Å². The van der Waals surface area contributed by atoms with E-state index in [-0.39, 0.29) is 36.6 Å². The van der Waals surface area contributed by atoms with E-state index in [1.807, 2.05) is 13.8 Å². The third-order valence-electron chi connectivity index (χ3n) is 5.83. The van der Waals surface area contributed by atoms with E-state index in [0.717, 1.165) is 13.0 Å². The summed E-state index contributed by atoms with van der Waals surface area (Å²) in [6.07, 6.45) is 1.75. The maximum absolute atomic E-state index is 13.3. The van der Waals surface area contributed by atoms with Crippen LogP contribution in [0.15, 0.2) is 0 Å². The minimum Gasteiger partial charge on any atom is -0.467 e. The van der Waals surface area contributed by atoms with Crippen molar-refractivity contribution >= 4 is 29.7 Å². The summed E-state index contributed by atoms with van der Waals surface area (Å²) in [7, 11) is 1.23. The smallest absolute Gasteiger partial charge is 0.328 e. The van der Waals surface area contributed by atoms with Crippen molar-refractivity contribution in [3.8, 4) is 0 Å². The highest BCUT2D eigenvalue weighted by molar-refractivity contribution is 5.94. The van der Waals surface area contributed by atoms with Crippen LogP contribution in [0, 0.1) is 11.8 Å². The average molecular weight is 527 g/mol. The van der Waals surface area contributed by atoms with Crippen LogP contribution < -0.4 is 21.3 Å². The third-order valence-corrected chi connectivity index (χ3v) is 5.83. The Balaban J connectivity index is 3.06. The largest absolute Gasteiger partial charge is 0.467 e. The van der Waals surface area contributed by atoms with Gasteiger partial charge >= 0.3 is 11.9 Å². The molecule has 0 aromatic rings. The van der Waals surface area contributed by atoms with Crippen molar-refractivity contribution in [2.24, 2.45) is 11.8 Å². The molecular formula is C26H46N4O7. The zero-order valence-electron chi connectivity index (χ0n) is 23.6. The fraction of sp³-hybridized carbons (Fsp3) is 0.808. The fourth-order valence-corrected chi connectivity index (χ4v) is 3.96. The topological polar surface area (TPSA) is 152 Å². The first-order valence-electron chi connectivity index (χ1n) is 13.1. The molecule has 1 rings (SSSR count). The predicted octanol–water partition coefficient (Wildman–Crippen LogP) is 1.19. The molecule has 0 spiro atoms. The van der Waals surface area contributed by atoms with Gasteiger partial charge in [0, 0.05) is 6.42 Å². The Morgan fingerprint density at radius 3 is 2.05 bits per heavy atom. The van der Waals surface area contributed by atoms with Crippen molar-refractivity contribution in [2.75, 3.05) is 13.7 Å². The second-order valence-corrected chi connectivity index (χ2v) is 11.3. The number of hydrogen-bond donors (Lipinski definition) is 4. The van der Waals surface area contributed by atoms with Gasteiger partial charge in [0.25, 0.3) is 0 Å². The van der Waals surface area contributed by atoms with Crippen LogP contribution in [0.2, 0.25) is 0 Å². The van der Waals surface area contributed by atoms with Gasteiger partial charge in [0.05, 0.1) is 13.2 Å². The maximum atomic E-state index is 13.3. The first-order valence-corrected chi connectivity index (χ1v) is 13.1. The number of amides is 3. The van der Waals surface area contributed by atoms with Gasteiger partial charge in [0.15, 0.2) is 0 Å². The summed E-state index contributed by atoms with van der Waals surface area (Å²) >= 11 is 0. The average Bonchev–Trinajstić information content (AvgIpc) is 3.32.